The van der Waals surface area contributed by atoms with Gasteiger partial charge in [-0.1, -0.05) is 53.5 Å². The van der Waals surface area contributed by atoms with Crippen molar-refractivity contribution >= 4 is 63.8 Å². The van der Waals surface area contributed by atoms with E-state index < -0.39 is 17.1 Å². The van der Waals surface area contributed by atoms with Crippen LogP contribution in [0, 0.1) is 13.8 Å². The molecule has 1 aliphatic heterocycles. The van der Waals surface area contributed by atoms with Crippen molar-refractivity contribution in [2.45, 2.75) is 20.5 Å². The molecule has 36 heavy (non-hydrogen) atoms. The maximum atomic E-state index is 12.9. The highest BCUT2D eigenvalue weighted by Crippen LogP contribution is 2.34. The summed E-state index contributed by atoms with van der Waals surface area (Å²) in [5, 5.41) is 3.25. The van der Waals surface area contributed by atoms with Gasteiger partial charge in [-0.15, -0.1) is 0 Å². The number of nitrogens with zero attached hydrogens (tertiary/aromatic N) is 1. The standard InChI is InChI=1S/C27H22Cl2N2O4S/c1-16-7-10-21(11-17(16)2)30-25(32)14-31-26(33)24(36-27(31)34)12-18-5-3-4-6-23(18)35-15-19-8-9-20(28)13-22(19)29/h3-13H,14-15H2,1-2H3,(H,30,32)/b24-12+. The van der Waals surface area contributed by atoms with Gasteiger partial charge in [0.2, 0.25) is 5.91 Å². The quantitative estimate of drug-likeness (QED) is 0.331. The number of carbonyl (C=O) groups is 3. The highest BCUT2D eigenvalue weighted by atomic mass is 35.5. The fraction of sp³-hybridized carbons (Fsp3) is 0.148. The Morgan fingerprint density at radius 2 is 1.81 bits per heavy atom. The Morgan fingerprint density at radius 1 is 1.03 bits per heavy atom. The number of amides is 3. The lowest BCUT2D eigenvalue weighted by Gasteiger charge is -2.13. The molecule has 3 aromatic carbocycles. The van der Waals surface area contributed by atoms with E-state index >= 15 is 0 Å². The van der Waals surface area contributed by atoms with Gasteiger partial charge in [-0.25, -0.2) is 0 Å². The van der Waals surface area contributed by atoms with Crippen molar-refractivity contribution in [1.29, 1.82) is 0 Å². The van der Waals surface area contributed by atoms with Crippen LogP contribution in [0.5, 0.6) is 5.75 Å². The van der Waals surface area contributed by atoms with E-state index in [0.29, 0.717) is 27.0 Å². The van der Waals surface area contributed by atoms with Crippen molar-refractivity contribution in [3.8, 4) is 5.75 Å². The van der Waals surface area contributed by atoms with E-state index in [9.17, 15) is 14.4 Å². The zero-order valence-electron chi connectivity index (χ0n) is 19.5. The van der Waals surface area contributed by atoms with Gasteiger partial charge in [-0.2, -0.15) is 0 Å². The maximum Gasteiger partial charge on any atom is 0.294 e. The minimum absolute atomic E-state index is 0.195. The van der Waals surface area contributed by atoms with Crippen LogP contribution in [0.1, 0.15) is 22.3 Å². The molecule has 0 aliphatic carbocycles. The first-order valence-electron chi connectivity index (χ1n) is 11.0. The Hall–Kier alpha value is -3.26. The third-order valence-corrected chi connectivity index (χ3v) is 7.06. The highest BCUT2D eigenvalue weighted by Gasteiger charge is 2.36. The fourth-order valence-corrected chi connectivity index (χ4v) is 4.76. The summed E-state index contributed by atoms with van der Waals surface area (Å²) >= 11 is 13.0. The van der Waals surface area contributed by atoms with Crippen LogP contribution in [0.2, 0.25) is 10.0 Å². The van der Waals surface area contributed by atoms with Crippen LogP contribution in [0.25, 0.3) is 6.08 Å². The van der Waals surface area contributed by atoms with Crippen LogP contribution in [0.15, 0.2) is 65.6 Å². The predicted octanol–water partition coefficient (Wildman–Crippen LogP) is 6.86. The van der Waals surface area contributed by atoms with Crippen molar-refractivity contribution in [2.75, 3.05) is 11.9 Å². The summed E-state index contributed by atoms with van der Waals surface area (Å²) in [6.07, 6.45) is 1.59. The molecule has 0 unspecified atom stereocenters. The van der Waals surface area contributed by atoms with Gasteiger partial charge in [0.15, 0.2) is 0 Å². The monoisotopic (exact) mass is 540 g/mol. The van der Waals surface area contributed by atoms with Crippen molar-refractivity contribution < 1.29 is 19.1 Å². The number of benzene rings is 3. The molecule has 4 rings (SSSR count). The molecule has 1 heterocycles. The van der Waals surface area contributed by atoms with Crippen LogP contribution >= 0.6 is 35.0 Å². The first kappa shape index (κ1) is 25.8. The molecule has 1 saturated heterocycles. The van der Waals surface area contributed by atoms with Crippen molar-refractivity contribution in [1.82, 2.24) is 4.90 Å². The smallest absolute Gasteiger partial charge is 0.294 e. The minimum atomic E-state index is -0.532. The van der Waals surface area contributed by atoms with Gasteiger partial charge < -0.3 is 10.1 Å². The Kier molecular flexibility index (Phi) is 8.04. The van der Waals surface area contributed by atoms with Gasteiger partial charge >= 0.3 is 0 Å². The zero-order chi connectivity index (χ0) is 25.8. The Labute approximate surface area is 223 Å². The summed E-state index contributed by atoms with van der Waals surface area (Å²) in [6.45, 7) is 3.74. The van der Waals surface area contributed by atoms with E-state index in [1.807, 2.05) is 26.0 Å². The molecule has 3 amide bonds. The normalized spacial score (nSPS) is 14.4. The number of imide groups is 1. The number of para-hydroxylation sites is 1. The van der Waals surface area contributed by atoms with E-state index in [-0.39, 0.29) is 18.1 Å². The number of hydrogen-bond acceptors (Lipinski definition) is 5. The van der Waals surface area contributed by atoms with E-state index in [2.05, 4.69) is 5.32 Å². The number of ether oxygens (including phenoxy) is 1. The number of rotatable bonds is 7. The lowest BCUT2D eigenvalue weighted by Crippen LogP contribution is -2.36. The fourth-order valence-electron chi connectivity index (χ4n) is 3.47. The molecular formula is C27H22Cl2N2O4S. The minimum Gasteiger partial charge on any atom is -0.488 e. The summed E-state index contributed by atoms with van der Waals surface area (Å²) in [5.41, 5.74) is 4.11. The summed E-state index contributed by atoms with van der Waals surface area (Å²) in [5.74, 6) is -0.469. The van der Waals surface area contributed by atoms with Crippen LogP contribution < -0.4 is 10.1 Å². The summed E-state index contributed by atoms with van der Waals surface area (Å²) in [7, 11) is 0. The van der Waals surface area contributed by atoms with E-state index in [1.54, 1.807) is 54.6 Å². The second-order valence-corrected chi connectivity index (χ2v) is 10.0. The number of hydrogen-bond donors (Lipinski definition) is 1. The predicted molar refractivity (Wildman–Crippen MR) is 144 cm³/mol. The molecule has 0 bridgehead atoms. The van der Waals surface area contributed by atoms with Crippen LogP contribution in [-0.2, 0) is 16.2 Å². The number of halogens is 2. The molecule has 6 nitrogen and oxygen atoms in total. The Balaban J connectivity index is 1.45. The Morgan fingerprint density at radius 3 is 2.56 bits per heavy atom. The van der Waals surface area contributed by atoms with Gasteiger partial charge in [0.05, 0.1) is 4.91 Å². The third-order valence-electron chi connectivity index (χ3n) is 5.57. The third kappa shape index (κ3) is 6.10. The number of carbonyl (C=O) groups excluding carboxylic acids is 3. The number of anilines is 1. The number of aryl methyl sites for hydroxylation is 2. The molecule has 0 saturated carbocycles. The van der Waals surface area contributed by atoms with E-state index in [4.69, 9.17) is 27.9 Å². The molecule has 3 aromatic rings. The largest absolute Gasteiger partial charge is 0.488 e. The summed E-state index contributed by atoms with van der Waals surface area (Å²) in [4.78, 5) is 39.1. The molecule has 184 valence electrons. The summed E-state index contributed by atoms with van der Waals surface area (Å²) in [6, 6.07) is 17.8. The molecular weight excluding hydrogens is 519 g/mol. The number of thioether (sulfide) groups is 1. The van der Waals surface area contributed by atoms with E-state index in [1.165, 1.54) is 0 Å². The van der Waals surface area contributed by atoms with Crippen LogP contribution in [-0.4, -0.2) is 28.5 Å². The molecule has 9 heteroatoms. The topological polar surface area (TPSA) is 75.7 Å². The van der Waals surface area contributed by atoms with Gasteiger partial charge in [0, 0.05) is 26.9 Å². The second kappa shape index (κ2) is 11.2. The zero-order valence-corrected chi connectivity index (χ0v) is 21.8. The SMILES string of the molecule is Cc1ccc(NC(=O)CN2C(=O)S/C(=C/c3ccccc3OCc3ccc(Cl)cc3Cl)C2=O)cc1C. The first-order chi connectivity index (χ1) is 17.2. The van der Waals surface area contributed by atoms with Crippen LogP contribution in [0.3, 0.4) is 0 Å². The van der Waals surface area contributed by atoms with Gasteiger partial charge in [0.1, 0.15) is 18.9 Å². The van der Waals surface area contributed by atoms with Gasteiger partial charge in [0.25, 0.3) is 11.1 Å². The van der Waals surface area contributed by atoms with Crippen molar-refractivity contribution in [3.63, 3.8) is 0 Å². The van der Waals surface area contributed by atoms with E-state index in [0.717, 1.165) is 33.4 Å². The van der Waals surface area contributed by atoms with Gasteiger partial charge in [-0.3, -0.25) is 19.3 Å². The maximum absolute atomic E-state index is 12.9. The first-order valence-corrected chi connectivity index (χ1v) is 12.6. The second-order valence-electron chi connectivity index (χ2n) is 8.18. The molecule has 1 N–H and O–H groups in total. The average molecular weight is 541 g/mol. The molecule has 1 fully saturated rings. The molecule has 1 aliphatic rings. The molecule has 0 aromatic heterocycles. The van der Waals surface area contributed by atoms with Gasteiger partial charge in [-0.05, 0) is 73.1 Å². The van der Waals surface area contributed by atoms with Crippen molar-refractivity contribution in [3.05, 3.63) is 97.9 Å². The van der Waals surface area contributed by atoms with Crippen LogP contribution in [0.4, 0.5) is 10.5 Å². The molecule has 0 spiro atoms. The number of nitrogens with one attached hydrogen (secondary N) is 1. The summed E-state index contributed by atoms with van der Waals surface area (Å²) < 4.78 is 5.94. The Bertz CT molecular complexity index is 1390. The highest BCUT2D eigenvalue weighted by molar-refractivity contribution is 8.18. The van der Waals surface area contributed by atoms with Crippen molar-refractivity contribution in [2.24, 2.45) is 0 Å². The lowest BCUT2D eigenvalue weighted by atomic mass is 10.1. The lowest BCUT2D eigenvalue weighted by molar-refractivity contribution is -0.127. The molecule has 0 radical (unpaired) electrons. The molecule has 0 atom stereocenters. The average Bonchev–Trinajstić information content (AvgIpc) is 3.09.